The predicted octanol–water partition coefficient (Wildman–Crippen LogP) is 4.92. The lowest BCUT2D eigenvalue weighted by Gasteiger charge is -2.27. The molecule has 192 valence electrons. The van der Waals surface area contributed by atoms with Gasteiger partial charge in [0.25, 0.3) is 0 Å². The molecule has 1 aromatic rings. The van der Waals surface area contributed by atoms with Crippen LogP contribution >= 0.6 is 0 Å². The van der Waals surface area contributed by atoms with Gasteiger partial charge in [-0.15, -0.1) is 0 Å². The highest BCUT2D eigenvalue weighted by atomic mass is 16.5. The molecule has 1 N–H and O–H groups in total. The Balaban J connectivity index is 1.91. The molecule has 0 spiro atoms. The van der Waals surface area contributed by atoms with E-state index in [0.717, 1.165) is 12.3 Å². The van der Waals surface area contributed by atoms with Gasteiger partial charge in [-0.05, 0) is 68.4 Å². The highest BCUT2D eigenvalue weighted by Crippen LogP contribution is 2.36. The van der Waals surface area contributed by atoms with Gasteiger partial charge < -0.3 is 19.3 Å². The molecule has 2 rings (SSSR count). The van der Waals surface area contributed by atoms with Crippen molar-refractivity contribution in [2.24, 2.45) is 11.8 Å². The molecule has 1 aromatic carbocycles. The van der Waals surface area contributed by atoms with E-state index in [-0.39, 0.29) is 36.9 Å². The summed E-state index contributed by atoms with van der Waals surface area (Å²) in [5.74, 6) is -0.0438. The Morgan fingerprint density at radius 2 is 1.63 bits per heavy atom. The Kier molecular flexibility index (Phi) is 12.5. The zero-order valence-electron chi connectivity index (χ0n) is 21.2. The summed E-state index contributed by atoms with van der Waals surface area (Å²) in [5.41, 5.74) is 2.80. The van der Waals surface area contributed by atoms with E-state index in [1.807, 2.05) is 0 Å². The molecule has 1 aliphatic rings. The first-order chi connectivity index (χ1) is 16.9. The minimum Gasteiger partial charge on any atom is -0.462 e. The van der Waals surface area contributed by atoms with E-state index >= 15 is 0 Å². The summed E-state index contributed by atoms with van der Waals surface area (Å²) in [7, 11) is 1.48. The molecule has 1 saturated carbocycles. The molecule has 0 aromatic heterocycles. The van der Waals surface area contributed by atoms with E-state index in [1.165, 1.54) is 43.9 Å². The van der Waals surface area contributed by atoms with Crippen molar-refractivity contribution >= 4 is 11.9 Å². The van der Waals surface area contributed by atoms with Gasteiger partial charge in [-0.2, -0.15) is 0 Å². The summed E-state index contributed by atoms with van der Waals surface area (Å²) in [5, 5.41) is 9.07. The first kappa shape index (κ1) is 28.5. The lowest BCUT2D eigenvalue weighted by Crippen LogP contribution is -2.23. The van der Waals surface area contributed by atoms with E-state index in [2.05, 4.69) is 56.5 Å². The number of hydrogen-bond donors (Lipinski definition) is 1. The molecular formula is C29H40O6. The number of hydrogen-bond acceptors (Lipinski definition) is 6. The van der Waals surface area contributed by atoms with Crippen LogP contribution in [-0.2, 0) is 30.2 Å². The van der Waals surface area contributed by atoms with Gasteiger partial charge in [-0.1, -0.05) is 49.6 Å². The van der Waals surface area contributed by atoms with Crippen molar-refractivity contribution in [2.45, 2.75) is 51.4 Å². The van der Waals surface area contributed by atoms with Gasteiger partial charge in [0.1, 0.15) is 0 Å². The number of rotatable bonds is 14. The molecule has 0 bridgehead atoms. The quantitative estimate of drug-likeness (QED) is 0.229. The minimum atomic E-state index is -0.652. The van der Waals surface area contributed by atoms with Crippen molar-refractivity contribution in [3.63, 3.8) is 0 Å². The van der Waals surface area contributed by atoms with Crippen LogP contribution in [0.3, 0.4) is 0 Å². The maximum atomic E-state index is 12.1. The number of benzene rings is 1. The van der Waals surface area contributed by atoms with E-state index in [1.54, 1.807) is 0 Å². The topological polar surface area (TPSA) is 82.1 Å². The fourth-order valence-corrected chi connectivity index (χ4v) is 4.35. The van der Waals surface area contributed by atoms with Crippen LogP contribution in [0.1, 0.15) is 56.1 Å². The van der Waals surface area contributed by atoms with Crippen LogP contribution < -0.4 is 0 Å². The van der Waals surface area contributed by atoms with Crippen molar-refractivity contribution in [3.05, 3.63) is 71.8 Å². The van der Waals surface area contributed by atoms with Crippen LogP contribution in [0.2, 0.25) is 0 Å². The van der Waals surface area contributed by atoms with E-state index < -0.39 is 18.5 Å². The van der Waals surface area contributed by atoms with Crippen LogP contribution in [0.15, 0.2) is 60.7 Å². The molecule has 0 aliphatic heterocycles. The maximum absolute atomic E-state index is 12.1. The number of allylic oxidation sites excluding steroid dienone is 2. The highest BCUT2D eigenvalue weighted by molar-refractivity contribution is 5.88. The number of ether oxygens (including phenoxy) is 3. The zero-order chi connectivity index (χ0) is 25.6. The third-order valence-electron chi connectivity index (χ3n) is 6.52. The van der Waals surface area contributed by atoms with Gasteiger partial charge >= 0.3 is 11.9 Å². The van der Waals surface area contributed by atoms with Crippen molar-refractivity contribution < 1.29 is 28.9 Å². The Labute approximate surface area is 209 Å². The monoisotopic (exact) mass is 484 g/mol. The standard InChI is InChI=1S/C29H40O6/c1-5-6-23-9-13-26(14-10-23)27-15-11-24(12-16-27)7-8-25(19-34-28(31)21(2)17-30)20-35-29(32)22(3)18-33-4/h5-6,11-12,15-16,23,25-26,30H,2-3,7-10,13-14,17-20H2,1,4H3/b6-5+. The zero-order valence-corrected chi connectivity index (χ0v) is 21.2. The normalized spacial score (nSPS) is 18.7. The molecule has 1 aliphatic carbocycles. The van der Waals surface area contributed by atoms with Crippen molar-refractivity contribution in [1.82, 2.24) is 0 Å². The third kappa shape index (κ3) is 9.82. The second-order valence-electron chi connectivity index (χ2n) is 9.28. The lowest BCUT2D eigenvalue weighted by atomic mass is 9.78. The van der Waals surface area contributed by atoms with Gasteiger partial charge in [-0.25, -0.2) is 9.59 Å². The van der Waals surface area contributed by atoms with Gasteiger partial charge in [0.05, 0.1) is 37.6 Å². The Bertz CT molecular complexity index is 862. The second kappa shape index (κ2) is 15.3. The number of esters is 2. The molecule has 35 heavy (non-hydrogen) atoms. The molecule has 6 heteroatoms. The molecule has 0 saturated heterocycles. The first-order valence-corrected chi connectivity index (χ1v) is 12.4. The largest absolute Gasteiger partial charge is 0.462 e. The average molecular weight is 485 g/mol. The summed E-state index contributed by atoms with van der Waals surface area (Å²) in [6.45, 7) is 9.02. The van der Waals surface area contributed by atoms with Crippen molar-refractivity contribution in [3.8, 4) is 0 Å². The minimum absolute atomic E-state index is 0.00967. The molecule has 1 atom stereocenters. The Morgan fingerprint density at radius 3 is 2.17 bits per heavy atom. The molecular weight excluding hydrogens is 444 g/mol. The van der Waals surface area contributed by atoms with Gasteiger partial charge in [0.15, 0.2) is 0 Å². The third-order valence-corrected chi connectivity index (χ3v) is 6.52. The number of carbonyl (C=O) groups excluding carboxylic acids is 2. The van der Waals surface area contributed by atoms with Gasteiger partial charge in [0.2, 0.25) is 0 Å². The summed E-state index contributed by atoms with van der Waals surface area (Å²) in [6, 6.07) is 8.78. The summed E-state index contributed by atoms with van der Waals surface area (Å²) >= 11 is 0. The number of aliphatic hydroxyl groups excluding tert-OH is 1. The van der Waals surface area contributed by atoms with Gasteiger partial charge in [-0.3, -0.25) is 0 Å². The molecule has 6 nitrogen and oxygen atoms in total. The van der Waals surface area contributed by atoms with Crippen LogP contribution in [0, 0.1) is 11.8 Å². The molecule has 0 radical (unpaired) electrons. The maximum Gasteiger partial charge on any atom is 0.335 e. The summed E-state index contributed by atoms with van der Waals surface area (Å²) in [4.78, 5) is 24.0. The molecule has 1 fully saturated rings. The Hall–Kier alpha value is -2.70. The van der Waals surface area contributed by atoms with E-state index in [0.29, 0.717) is 12.3 Å². The smallest absolute Gasteiger partial charge is 0.335 e. The summed E-state index contributed by atoms with van der Waals surface area (Å²) < 4.78 is 15.6. The second-order valence-corrected chi connectivity index (χ2v) is 9.28. The Morgan fingerprint density at radius 1 is 1.03 bits per heavy atom. The molecule has 1 unspecified atom stereocenters. The van der Waals surface area contributed by atoms with Crippen LogP contribution in [0.25, 0.3) is 0 Å². The number of carbonyl (C=O) groups is 2. The van der Waals surface area contributed by atoms with Crippen molar-refractivity contribution in [1.29, 1.82) is 0 Å². The number of aryl methyl sites for hydroxylation is 1. The highest BCUT2D eigenvalue weighted by Gasteiger charge is 2.21. The van der Waals surface area contributed by atoms with Crippen LogP contribution in [0.5, 0.6) is 0 Å². The first-order valence-electron chi connectivity index (χ1n) is 12.4. The van der Waals surface area contributed by atoms with E-state index in [9.17, 15) is 9.59 Å². The van der Waals surface area contributed by atoms with Crippen molar-refractivity contribution in [2.75, 3.05) is 33.5 Å². The fourth-order valence-electron chi connectivity index (χ4n) is 4.35. The summed E-state index contributed by atoms with van der Waals surface area (Å²) in [6.07, 6.45) is 10.8. The SMILES string of the molecule is C=C(CO)C(=O)OCC(CCc1ccc(C2CCC(/C=C/C)CC2)cc1)COC(=O)C(=C)COC. The number of methoxy groups -OCH3 is 1. The molecule has 0 amide bonds. The fraction of sp³-hybridized carbons (Fsp3) is 0.517. The predicted molar refractivity (Wildman–Crippen MR) is 137 cm³/mol. The number of aliphatic hydroxyl groups is 1. The molecule has 0 heterocycles. The average Bonchev–Trinajstić information content (AvgIpc) is 2.88. The van der Waals surface area contributed by atoms with E-state index in [4.69, 9.17) is 19.3 Å². The van der Waals surface area contributed by atoms with Gasteiger partial charge in [0, 0.05) is 13.0 Å². The van der Waals surface area contributed by atoms with Crippen LogP contribution in [-0.4, -0.2) is 50.6 Å². The van der Waals surface area contributed by atoms with Crippen LogP contribution in [0.4, 0.5) is 0 Å². The lowest BCUT2D eigenvalue weighted by molar-refractivity contribution is -0.144.